The minimum atomic E-state index is -0.436. The average Bonchev–Trinajstić information content (AvgIpc) is 2.82. The van der Waals surface area contributed by atoms with Crippen LogP contribution in [0, 0.1) is 0 Å². The molecule has 1 saturated heterocycles. The van der Waals surface area contributed by atoms with Gasteiger partial charge in [-0.25, -0.2) is 0 Å². The van der Waals surface area contributed by atoms with Gasteiger partial charge in [-0.05, 0) is 33.8 Å². The van der Waals surface area contributed by atoms with E-state index in [1.807, 2.05) is 40.0 Å². The number of halogens is 1. The van der Waals surface area contributed by atoms with Crippen molar-refractivity contribution >= 4 is 29.8 Å². The van der Waals surface area contributed by atoms with E-state index < -0.39 is 7.12 Å². The Morgan fingerprint density at radius 1 is 1.21 bits per heavy atom. The first-order chi connectivity index (χ1) is 8.80. The molecule has 1 aliphatic heterocycles. The number of rotatable bonds is 1. The third kappa shape index (κ3) is 1.95. The summed E-state index contributed by atoms with van der Waals surface area (Å²) < 4.78 is 13.8. The highest BCUT2D eigenvalue weighted by molar-refractivity contribution is 6.62. The molecule has 1 aliphatic rings. The van der Waals surface area contributed by atoms with Gasteiger partial charge in [0.1, 0.15) is 6.33 Å². The maximum atomic E-state index is 6.19. The van der Waals surface area contributed by atoms with Crippen LogP contribution in [0.15, 0.2) is 18.6 Å². The molecule has 0 spiro atoms. The predicted molar refractivity (Wildman–Crippen MR) is 73.7 cm³/mol. The van der Waals surface area contributed by atoms with E-state index in [2.05, 4.69) is 10.2 Å². The largest absolute Gasteiger partial charge is 0.496 e. The van der Waals surface area contributed by atoms with Crippen molar-refractivity contribution in [1.82, 2.24) is 14.6 Å². The molecule has 0 unspecified atom stereocenters. The quantitative estimate of drug-likeness (QED) is 0.745. The number of fused-ring (bicyclic) bond motifs is 1. The van der Waals surface area contributed by atoms with Gasteiger partial charge in [-0.1, -0.05) is 11.6 Å². The molecule has 0 N–H and O–H groups in total. The highest BCUT2D eigenvalue weighted by atomic mass is 35.5. The van der Waals surface area contributed by atoms with Gasteiger partial charge in [0.2, 0.25) is 0 Å². The molecule has 19 heavy (non-hydrogen) atoms. The smallest absolute Gasteiger partial charge is 0.399 e. The zero-order chi connectivity index (χ0) is 13.8. The first kappa shape index (κ1) is 12.9. The molecule has 3 heterocycles. The molecular formula is C12H15BClN3O2. The van der Waals surface area contributed by atoms with E-state index >= 15 is 0 Å². The van der Waals surface area contributed by atoms with Gasteiger partial charge in [0.05, 0.1) is 16.2 Å². The SMILES string of the molecule is CC1(C)OB(c2cc(Cl)c3nncn3c2)OC1(C)C. The molecule has 0 saturated carbocycles. The lowest BCUT2D eigenvalue weighted by molar-refractivity contribution is 0.00578. The number of nitrogens with zero attached hydrogens (tertiary/aromatic N) is 3. The molecule has 0 atom stereocenters. The monoisotopic (exact) mass is 279 g/mol. The molecule has 100 valence electrons. The normalized spacial score (nSPS) is 21.2. The Labute approximate surface area is 117 Å². The molecule has 5 nitrogen and oxygen atoms in total. The molecule has 0 amide bonds. The van der Waals surface area contributed by atoms with Gasteiger partial charge >= 0.3 is 7.12 Å². The number of hydrogen-bond donors (Lipinski definition) is 0. The van der Waals surface area contributed by atoms with E-state index in [1.54, 1.807) is 10.7 Å². The van der Waals surface area contributed by atoms with E-state index in [0.717, 1.165) is 5.46 Å². The maximum absolute atomic E-state index is 6.19. The van der Waals surface area contributed by atoms with Crippen LogP contribution in [0.3, 0.4) is 0 Å². The van der Waals surface area contributed by atoms with Gasteiger partial charge in [0.25, 0.3) is 0 Å². The second kappa shape index (κ2) is 3.94. The van der Waals surface area contributed by atoms with Gasteiger partial charge in [-0.3, -0.25) is 4.40 Å². The van der Waals surface area contributed by atoms with Gasteiger partial charge in [0.15, 0.2) is 5.65 Å². The third-order valence-corrected chi connectivity index (χ3v) is 4.17. The fourth-order valence-electron chi connectivity index (χ4n) is 2.02. The van der Waals surface area contributed by atoms with E-state index in [9.17, 15) is 0 Å². The van der Waals surface area contributed by atoms with Crippen molar-refractivity contribution in [1.29, 1.82) is 0 Å². The minimum Gasteiger partial charge on any atom is -0.399 e. The summed E-state index contributed by atoms with van der Waals surface area (Å²) in [5.41, 5.74) is 0.747. The summed E-state index contributed by atoms with van der Waals surface area (Å²) in [5, 5.41) is 8.31. The minimum absolute atomic E-state index is 0.369. The summed E-state index contributed by atoms with van der Waals surface area (Å²) >= 11 is 6.19. The molecular weight excluding hydrogens is 264 g/mol. The van der Waals surface area contributed by atoms with Crippen molar-refractivity contribution in [3.63, 3.8) is 0 Å². The predicted octanol–water partition coefficient (Wildman–Crippen LogP) is 1.68. The van der Waals surface area contributed by atoms with Crippen LogP contribution in [0.25, 0.3) is 5.65 Å². The van der Waals surface area contributed by atoms with Gasteiger partial charge < -0.3 is 9.31 Å². The van der Waals surface area contributed by atoms with Crippen LogP contribution in [0.2, 0.25) is 5.02 Å². The summed E-state index contributed by atoms with van der Waals surface area (Å²) in [4.78, 5) is 0. The topological polar surface area (TPSA) is 48.7 Å². The third-order valence-electron chi connectivity index (χ3n) is 3.89. The molecule has 2 aromatic heterocycles. The Balaban J connectivity index is 2.02. The Hall–Kier alpha value is -1.11. The zero-order valence-electron chi connectivity index (χ0n) is 11.3. The molecule has 7 heteroatoms. The average molecular weight is 280 g/mol. The van der Waals surface area contributed by atoms with E-state index in [4.69, 9.17) is 20.9 Å². The Morgan fingerprint density at radius 2 is 1.84 bits per heavy atom. The van der Waals surface area contributed by atoms with E-state index in [-0.39, 0.29) is 11.2 Å². The lowest BCUT2D eigenvalue weighted by atomic mass is 9.80. The maximum Gasteiger partial charge on any atom is 0.496 e. The highest BCUT2D eigenvalue weighted by Crippen LogP contribution is 2.36. The van der Waals surface area contributed by atoms with Gasteiger partial charge in [-0.2, -0.15) is 0 Å². The van der Waals surface area contributed by atoms with Crippen molar-refractivity contribution < 1.29 is 9.31 Å². The Kier molecular flexibility index (Phi) is 2.68. The zero-order valence-corrected chi connectivity index (χ0v) is 12.1. The molecule has 0 bridgehead atoms. The summed E-state index contributed by atoms with van der Waals surface area (Å²) in [5.74, 6) is 0. The lowest BCUT2D eigenvalue weighted by Gasteiger charge is -2.32. The molecule has 0 radical (unpaired) electrons. The Morgan fingerprint density at radius 3 is 2.47 bits per heavy atom. The van der Waals surface area contributed by atoms with E-state index in [0.29, 0.717) is 10.7 Å². The van der Waals surface area contributed by atoms with Crippen molar-refractivity contribution in [2.24, 2.45) is 0 Å². The lowest BCUT2D eigenvalue weighted by Crippen LogP contribution is -2.41. The molecule has 0 aliphatic carbocycles. The molecule has 1 fully saturated rings. The van der Waals surface area contributed by atoms with Crippen LogP contribution in [-0.2, 0) is 9.31 Å². The van der Waals surface area contributed by atoms with Crippen LogP contribution < -0.4 is 5.46 Å². The summed E-state index contributed by atoms with van der Waals surface area (Å²) in [6.07, 6.45) is 3.49. The van der Waals surface area contributed by atoms with Crippen LogP contribution in [0.5, 0.6) is 0 Å². The first-order valence-electron chi connectivity index (χ1n) is 6.15. The fourth-order valence-corrected chi connectivity index (χ4v) is 2.29. The van der Waals surface area contributed by atoms with Crippen molar-refractivity contribution in [2.75, 3.05) is 0 Å². The highest BCUT2D eigenvalue weighted by Gasteiger charge is 2.51. The van der Waals surface area contributed by atoms with Crippen LogP contribution in [-0.4, -0.2) is 32.9 Å². The number of aromatic nitrogens is 3. The van der Waals surface area contributed by atoms with Crippen LogP contribution in [0.4, 0.5) is 0 Å². The summed E-state index contributed by atoms with van der Waals surface area (Å²) in [7, 11) is -0.436. The van der Waals surface area contributed by atoms with Crippen LogP contribution in [0.1, 0.15) is 27.7 Å². The number of pyridine rings is 1. The first-order valence-corrected chi connectivity index (χ1v) is 6.52. The van der Waals surface area contributed by atoms with E-state index in [1.165, 1.54) is 0 Å². The standard InChI is InChI=1S/C12H15BClN3O2/c1-11(2)12(3,4)19-13(18-11)8-5-9(14)10-16-15-7-17(10)6-8/h5-7H,1-4H3. The second-order valence-electron chi connectivity index (χ2n) is 5.77. The second-order valence-corrected chi connectivity index (χ2v) is 6.18. The summed E-state index contributed by atoms with van der Waals surface area (Å²) in [6, 6.07) is 1.81. The van der Waals surface area contributed by atoms with Crippen molar-refractivity contribution in [3.05, 3.63) is 23.6 Å². The summed E-state index contributed by atoms with van der Waals surface area (Å²) in [6.45, 7) is 8.08. The van der Waals surface area contributed by atoms with Crippen molar-refractivity contribution in [3.8, 4) is 0 Å². The fraction of sp³-hybridized carbons (Fsp3) is 0.500. The van der Waals surface area contributed by atoms with Gasteiger partial charge in [0, 0.05) is 11.7 Å². The number of hydrogen-bond acceptors (Lipinski definition) is 4. The molecule has 3 rings (SSSR count). The van der Waals surface area contributed by atoms with Crippen LogP contribution >= 0.6 is 11.6 Å². The molecule has 0 aromatic carbocycles. The Bertz CT molecular complexity index is 625. The van der Waals surface area contributed by atoms with Crippen molar-refractivity contribution in [2.45, 2.75) is 38.9 Å². The molecule has 2 aromatic rings. The van der Waals surface area contributed by atoms with Gasteiger partial charge in [-0.15, -0.1) is 10.2 Å².